The van der Waals surface area contributed by atoms with Crippen molar-refractivity contribution in [1.29, 1.82) is 0 Å². The van der Waals surface area contributed by atoms with Crippen LogP contribution in [0.15, 0.2) is 35.9 Å². The molecule has 1 aliphatic heterocycles. The second kappa shape index (κ2) is 5.91. The van der Waals surface area contributed by atoms with Gasteiger partial charge >= 0.3 is 0 Å². The monoisotopic (exact) mass is 247 g/mol. The van der Waals surface area contributed by atoms with Gasteiger partial charge in [0.1, 0.15) is 17.6 Å². The largest absolute Gasteiger partial charge is 0.497 e. The molecular weight excluding hydrogens is 226 g/mol. The smallest absolute Gasteiger partial charge is 0.124 e. The van der Waals surface area contributed by atoms with Gasteiger partial charge in [-0.2, -0.15) is 0 Å². The molecule has 0 aromatic heterocycles. The first-order valence-corrected chi connectivity index (χ1v) is 6.34. The Hall–Kier alpha value is -1.48. The van der Waals surface area contributed by atoms with Crippen LogP contribution in [0.3, 0.4) is 0 Å². The number of allylic oxidation sites excluding steroid dienone is 1. The number of hydrogen-bond donors (Lipinski definition) is 0. The third-order valence-electron chi connectivity index (χ3n) is 3.03. The molecule has 3 nitrogen and oxygen atoms in total. The highest BCUT2D eigenvalue weighted by Gasteiger charge is 2.27. The van der Waals surface area contributed by atoms with E-state index in [1.807, 2.05) is 24.3 Å². The molecule has 3 heteroatoms. The van der Waals surface area contributed by atoms with Crippen LogP contribution >= 0.6 is 0 Å². The average Bonchev–Trinajstić information content (AvgIpc) is 2.32. The van der Waals surface area contributed by atoms with Crippen LogP contribution < -0.4 is 9.47 Å². The Morgan fingerprint density at radius 1 is 1.33 bits per heavy atom. The summed E-state index contributed by atoms with van der Waals surface area (Å²) < 4.78 is 11.1. The number of rotatable bonds is 5. The van der Waals surface area contributed by atoms with Gasteiger partial charge in [0.2, 0.25) is 0 Å². The summed E-state index contributed by atoms with van der Waals surface area (Å²) in [6.07, 6.45) is 2.56. The van der Waals surface area contributed by atoms with E-state index >= 15 is 0 Å². The number of likely N-dealkylation sites (tertiary alicyclic amines) is 1. The standard InChI is InChI=1S/C15H21NO2/c1-12(2)7-8-16-10-15(11-16)18-14-6-4-5-13(9-14)17-3/h4-7,9,15H,8,10-11H2,1-3H3. The van der Waals surface area contributed by atoms with E-state index in [1.165, 1.54) is 5.57 Å². The Morgan fingerprint density at radius 2 is 2.06 bits per heavy atom. The van der Waals surface area contributed by atoms with E-state index in [1.54, 1.807) is 7.11 Å². The first-order valence-electron chi connectivity index (χ1n) is 6.34. The third-order valence-corrected chi connectivity index (χ3v) is 3.03. The quantitative estimate of drug-likeness (QED) is 0.747. The number of methoxy groups -OCH3 is 1. The summed E-state index contributed by atoms with van der Waals surface area (Å²) in [5.74, 6) is 1.73. The number of hydrogen-bond acceptors (Lipinski definition) is 3. The molecule has 1 fully saturated rings. The highest BCUT2D eigenvalue weighted by atomic mass is 16.5. The molecule has 0 atom stereocenters. The highest BCUT2D eigenvalue weighted by Crippen LogP contribution is 2.22. The molecule has 0 aliphatic carbocycles. The lowest BCUT2D eigenvalue weighted by Gasteiger charge is -2.38. The predicted molar refractivity (Wildman–Crippen MR) is 73.3 cm³/mol. The van der Waals surface area contributed by atoms with Crippen molar-refractivity contribution in [3.8, 4) is 11.5 Å². The third kappa shape index (κ3) is 3.50. The molecule has 1 heterocycles. The molecule has 0 bridgehead atoms. The van der Waals surface area contributed by atoms with Crippen molar-refractivity contribution in [3.63, 3.8) is 0 Å². The van der Waals surface area contributed by atoms with Crippen LogP contribution in [0, 0.1) is 0 Å². The first-order chi connectivity index (χ1) is 8.67. The summed E-state index contributed by atoms with van der Waals surface area (Å²) in [6.45, 7) is 7.29. The fourth-order valence-corrected chi connectivity index (χ4v) is 1.92. The molecule has 0 amide bonds. The van der Waals surface area contributed by atoms with E-state index in [0.29, 0.717) is 6.10 Å². The number of benzene rings is 1. The molecule has 98 valence electrons. The summed E-state index contributed by atoms with van der Waals surface area (Å²) in [6, 6.07) is 7.78. The molecule has 0 N–H and O–H groups in total. The van der Waals surface area contributed by atoms with E-state index < -0.39 is 0 Å². The van der Waals surface area contributed by atoms with Crippen LogP contribution in [0.1, 0.15) is 13.8 Å². The highest BCUT2D eigenvalue weighted by molar-refractivity contribution is 5.33. The van der Waals surface area contributed by atoms with Gasteiger partial charge in [0.25, 0.3) is 0 Å². The normalized spacial score (nSPS) is 15.9. The van der Waals surface area contributed by atoms with Gasteiger partial charge in [-0.3, -0.25) is 4.90 Å². The van der Waals surface area contributed by atoms with Crippen LogP contribution in [0.25, 0.3) is 0 Å². The van der Waals surface area contributed by atoms with Crippen LogP contribution in [-0.4, -0.2) is 37.7 Å². The molecule has 1 aromatic rings. The van der Waals surface area contributed by atoms with Gasteiger partial charge in [0.05, 0.1) is 7.11 Å². The number of ether oxygens (including phenoxy) is 2. The van der Waals surface area contributed by atoms with E-state index in [0.717, 1.165) is 31.1 Å². The van der Waals surface area contributed by atoms with Gasteiger partial charge in [-0.25, -0.2) is 0 Å². The fourth-order valence-electron chi connectivity index (χ4n) is 1.92. The Bertz CT molecular complexity index is 418. The summed E-state index contributed by atoms with van der Waals surface area (Å²) in [5, 5.41) is 0. The maximum atomic E-state index is 5.89. The Kier molecular flexibility index (Phi) is 4.26. The maximum absolute atomic E-state index is 5.89. The minimum atomic E-state index is 0.308. The maximum Gasteiger partial charge on any atom is 0.124 e. The topological polar surface area (TPSA) is 21.7 Å². The van der Waals surface area contributed by atoms with Crippen molar-refractivity contribution in [2.75, 3.05) is 26.7 Å². The first kappa shape index (κ1) is 13.0. The van der Waals surface area contributed by atoms with Crippen molar-refractivity contribution >= 4 is 0 Å². The van der Waals surface area contributed by atoms with Gasteiger partial charge in [0, 0.05) is 25.7 Å². The molecular formula is C15H21NO2. The van der Waals surface area contributed by atoms with E-state index in [9.17, 15) is 0 Å². The van der Waals surface area contributed by atoms with Gasteiger partial charge in [-0.15, -0.1) is 0 Å². The Labute approximate surface area is 109 Å². The summed E-state index contributed by atoms with van der Waals surface area (Å²) in [5.41, 5.74) is 1.37. The average molecular weight is 247 g/mol. The second-order valence-electron chi connectivity index (χ2n) is 4.92. The zero-order chi connectivity index (χ0) is 13.0. The molecule has 0 unspecified atom stereocenters. The van der Waals surface area contributed by atoms with Crippen molar-refractivity contribution in [3.05, 3.63) is 35.9 Å². The lowest BCUT2D eigenvalue weighted by atomic mass is 10.1. The summed E-state index contributed by atoms with van der Waals surface area (Å²) in [4.78, 5) is 2.37. The van der Waals surface area contributed by atoms with E-state index in [2.05, 4.69) is 24.8 Å². The van der Waals surface area contributed by atoms with Gasteiger partial charge in [-0.1, -0.05) is 17.7 Å². The zero-order valence-electron chi connectivity index (χ0n) is 11.3. The van der Waals surface area contributed by atoms with Crippen LogP contribution in [-0.2, 0) is 0 Å². The van der Waals surface area contributed by atoms with Crippen molar-refractivity contribution in [2.24, 2.45) is 0 Å². The van der Waals surface area contributed by atoms with Crippen molar-refractivity contribution in [1.82, 2.24) is 4.90 Å². The minimum absolute atomic E-state index is 0.308. The molecule has 1 aliphatic rings. The predicted octanol–water partition coefficient (Wildman–Crippen LogP) is 2.72. The summed E-state index contributed by atoms with van der Waals surface area (Å²) in [7, 11) is 1.67. The Balaban J connectivity index is 1.77. The molecule has 0 saturated carbocycles. The van der Waals surface area contributed by atoms with Crippen LogP contribution in [0.4, 0.5) is 0 Å². The molecule has 0 spiro atoms. The Morgan fingerprint density at radius 3 is 2.72 bits per heavy atom. The van der Waals surface area contributed by atoms with Crippen molar-refractivity contribution in [2.45, 2.75) is 20.0 Å². The zero-order valence-corrected chi connectivity index (χ0v) is 11.3. The second-order valence-corrected chi connectivity index (χ2v) is 4.92. The lowest BCUT2D eigenvalue weighted by Crippen LogP contribution is -2.53. The SMILES string of the molecule is COc1cccc(OC2CN(CC=C(C)C)C2)c1. The van der Waals surface area contributed by atoms with Gasteiger partial charge in [0.15, 0.2) is 0 Å². The van der Waals surface area contributed by atoms with Gasteiger partial charge in [-0.05, 0) is 26.0 Å². The summed E-state index contributed by atoms with van der Waals surface area (Å²) >= 11 is 0. The number of nitrogens with zero attached hydrogens (tertiary/aromatic N) is 1. The van der Waals surface area contributed by atoms with Crippen molar-refractivity contribution < 1.29 is 9.47 Å². The lowest BCUT2D eigenvalue weighted by molar-refractivity contribution is 0.0280. The molecule has 1 aromatic carbocycles. The molecule has 2 rings (SSSR count). The van der Waals surface area contributed by atoms with Crippen LogP contribution in [0.5, 0.6) is 11.5 Å². The fraction of sp³-hybridized carbons (Fsp3) is 0.467. The van der Waals surface area contributed by atoms with E-state index in [-0.39, 0.29) is 0 Å². The molecule has 18 heavy (non-hydrogen) atoms. The molecule has 1 saturated heterocycles. The molecule has 0 radical (unpaired) electrons. The van der Waals surface area contributed by atoms with Gasteiger partial charge < -0.3 is 9.47 Å². The van der Waals surface area contributed by atoms with E-state index in [4.69, 9.17) is 9.47 Å². The van der Waals surface area contributed by atoms with Crippen LogP contribution in [0.2, 0.25) is 0 Å². The minimum Gasteiger partial charge on any atom is -0.497 e.